The average Bonchev–Trinajstić information content (AvgIpc) is 3.10. The summed E-state index contributed by atoms with van der Waals surface area (Å²) in [6, 6.07) is 12.3. The summed E-state index contributed by atoms with van der Waals surface area (Å²) < 4.78 is 30.2. The number of carbonyl (C=O) groups excluding carboxylic acids is 1. The fraction of sp³-hybridized carbons (Fsp3) is 0.360. The van der Waals surface area contributed by atoms with E-state index < -0.39 is 21.8 Å². The lowest BCUT2D eigenvalue weighted by molar-refractivity contribution is 0.0648. The van der Waals surface area contributed by atoms with Crippen LogP contribution in [0.5, 0.6) is 0 Å². The van der Waals surface area contributed by atoms with E-state index >= 15 is 0 Å². The molecular formula is C25H27NO5S. The van der Waals surface area contributed by atoms with Gasteiger partial charge in [0.2, 0.25) is 0 Å². The molecule has 1 saturated heterocycles. The van der Waals surface area contributed by atoms with E-state index in [-0.39, 0.29) is 29.2 Å². The number of sulfone groups is 1. The Hall–Kier alpha value is -2.93. The van der Waals surface area contributed by atoms with Gasteiger partial charge in [-0.05, 0) is 55.0 Å². The van der Waals surface area contributed by atoms with E-state index in [2.05, 4.69) is 6.92 Å². The predicted molar refractivity (Wildman–Crippen MR) is 125 cm³/mol. The first-order chi connectivity index (χ1) is 15.2. The van der Waals surface area contributed by atoms with Gasteiger partial charge in [0.15, 0.2) is 21.0 Å². The zero-order valence-electron chi connectivity index (χ0n) is 18.6. The highest BCUT2D eigenvalue weighted by atomic mass is 32.2. The lowest BCUT2D eigenvalue weighted by Gasteiger charge is -2.28. The molecule has 6 nitrogen and oxygen atoms in total. The summed E-state index contributed by atoms with van der Waals surface area (Å²) in [5, 5.41) is 0.456. The molecule has 1 amide bonds. The summed E-state index contributed by atoms with van der Waals surface area (Å²) in [4.78, 5) is 27.9. The van der Waals surface area contributed by atoms with E-state index in [1.807, 2.05) is 44.2 Å². The summed E-state index contributed by atoms with van der Waals surface area (Å²) >= 11 is 0. The molecule has 0 radical (unpaired) electrons. The number of aryl methyl sites for hydroxylation is 3. The van der Waals surface area contributed by atoms with E-state index in [0.29, 0.717) is 17.4 Å². The largest absolute Gasteiger partial charge is 0.451 e. The minimum Gasteiger partial charge on any atom is -0.451 e. The van der Waals surface area contributed by atoms with Crippen molar-refractivity contribution in [3.8, 4) is 0 Å². The predicted octanol–water partition coefficient (Wildman–Crippen LogP) is 3.80. The van der Waals surface area contributed by atoms with Crippen LogP contribution in [0.15, 0.2) is 51.7 Å². The van der Waals surface area contributed by atoms with Gasteiger partial charge in [0.05, 0.1) is 16.9 Å². The summed E-state index contributed by atoms with van der Waals surface area (Å²) in [6.45, 7) is 6.05. The van der Waals surface area contributed by atoms with Crippen molar-refractivity contribution in [3.63, 3.8) is 0 Å². The summed E-state index contributed by atoms with van der Waals surface area (Å²) in [7, 11) is -3.20. The molecule has 0 N–H and O–H groups in total. The molecule has 32 heavy (non-hydrogen) atoms. The third kappa shape index (κ3) is 4.48. The minimum absolute atomic E-state index is 0.0519. The molecular weight excluding hydrogens is 426 g/mol. The van der Waals surface area contributed by atoms with Crippen LogP contribution in [-0.2, 0) is 22.8 Å². The first-order valence-corrected chi connectivity index (χ1v) is 12.6. The molecule has 1 aromatic heterocycles. The zero-order chi connectivity index (χ0) is 23.0. The van der Waals surface area contributed by atoms with Gasteiger partial charge in [0, 0.05) is 18.7 Å². The molecule has 2 aromatic carbocycles. The number of hydrogen-bond donors (Lipinski definition) is 0. The van der Waals surface area contributed by atoms with E-state index in [1.165, 1.54) is 16.5 Å². The van der Waals surface area contributed by atoms with Crippen molar-refractivity contribution < 1.29 is 17.6 Å². The molecule has 0 spiro atoms. The van der Waals surface area contributed by atoms with Gasteiger partial charge in [-0.1, -0.05) is 37.3 Å². The number of carbonyl (C=O) groups is 1. The SMILES string of the molecule is CCc1ccc(CN(C(=O)c2cc(=O)c3c(C)cc(C)cc3o2)[C@@H]2CCS(=O)(=O)C2)cc1. The molecule has 7 heteroatoms. The average molecular weight is 454 g/mol. The number of amides is 1. The number of nitrogens with zero attached hydrogens (tertiary/aromatic N) is 1. The Balaban J connectivity index is 1.74. The Labute approximate surface area is 187 Å². The van der Waals surface area contributed by atoms with Crippen LogP contribution in [0.4, 0.5) is 0 Å². The smallest absolute Gasteiger partial charge is 0.290 e. The summed E-state index contributed by atoms with van der Waals surface area (Å²) in [6.07, 6.45) is 1.28. The van der Waals surface area contributed by atoms with Gasteiger partial charge in [-0.25, -0.2) is 8.42 Å². The van der Waals surface area contributed by atoms with E-state index in [0.717, 1.165) is 23.1 Å². The standard InChI is InChI=1S/C25H27NO5S/c1-4-18-5-7-19(8-6-18)14-26(20-9-10-32(29,30)15-20)25(28)23-13-21(27)24-17(3)11-16(2)12-22(24)31-23/h5-8,11-13,20H,4,9-10,14-15H2,1-3H3/t20-/m1/s1. The van der Waals surface area contributed by atoms with E-state index in [9.17, 15) is 18.0 Å². The Morgan fingerprint density at radius 2 is 1.78 bits per heavy atom. The molecule has 1 atom stereocenters. The lowest BCUT2D eigenvalue weighted by Crippen LogP contribution is -2.41. The molecule has 1 aliphatic heterocycles. The fourth-order valence-corrected chi connectivity index (χ4v) is 6.11. The van der Waals surface area contributed by atoms with Crippen LogP contribution in [0.1, 0.15) is 46.2 Å². The van der Waals surface area contributed by atoms with E-state index in [4.69, 9.17) is 4.42 Å². The quantitative estimate of drug-likeness (QED) is 0.587. The van der Waals surface area contributed by atoms with E-state index in [1.54, 1.807) is 6.07 Å². The number of rotatable bonds is 5. The Morgan fingerprint density at radius 1 is 1.09 bits per heavy atom. The molecule has 0 saturated carbocycles. The van der Waals surface area contributed by atoms with Gasteiger partial charge in [-0.15, -0.1) is 0 Å². The van der Waals surface area contributed by atoms with Crippen molar-refractivity contribution in [1.29, 1.82) is 0 Å². The van der Waals surface area contributed by atoms with Crippen molar-refractivity contribution in [3.05, 3.63) is 80.7 Å². The monoisotopic (exact) mass is 453 g/mol. The Kier molecular flexibility index (Phi) is 5.95. The molecule has 0 unspecified atom stereocenters. The summed E-state index contributed by atoms with van der Waals surface area (Å²) in [5.74, 6) is -0.565. The Morgan fingerprint density at radius 3 is 2.41 bits per heavy atom. The van der Waals surface area contributed by atoms with Crippen LogP contribution < -0.4 is 5.43 Å². The normalized spacial score (nSPS) is 17.5. The second-order valence-corrected chi connectivity index (χ2v) is 10.8. The van der Waals surface area contributed by atoms with Gasteiger partial charge in [-0.3, -0.25) is 9.59 Å². The van der Waals surface area contributed by atoms with Crippen molar-refractivity contribution >= 4 is 26.7 Å². The number of benzene rings is 2. The highest BCUT2D eigenvalue weighted by Crippen LogP contribution is 2.24. The topological polar surface area (TPSA) is 84.7 Å². The molecule has 168 valence electrons. The highest BCUT2D eigenvalue weighted by Gasteiger charge is 2.36. The van der Waals surface area contributed by atoms with Crippen molar-refractivity contribution in [2.75, 3.05) is 11.5 Å². The van der Waals surface area contributed by atoms with Crippen LogP contribution in [0, 0.1) is 13.8 Å². The third-order valence-electron chi connectivity index (χ3n) is 6.08. The second-order valence-electron chi connectivity index (χ2n) is 8.59. The van der Waals surface area contributed by atoms with Crippen molar-refractivity contribution in [2.45, 2.75) is 46.2 Å². The maximum atomic E-state index is 13.5. The second kappa shape index (κ2) is 8.54. The molecule has 0 aliphatic carbocycles. The van der Waals surface area contributed by atoms with Crippen LogP contribution in [0.3, 0.4) is 0 Å². The molecule has 0 bridgehead atoms. The molecule has 3 aromatic rings. The summed E-state index contributed by atoms with van der Waals surface area (Å²) in [5.41, 5.74) is 3.89. The lowest BCUT2D eigenvalue weighted by atomic mass is 10.1. The first kappa shape index (κ1) is 22.3. The number of fused-ring (bicyclic) bond motifs is 1. The number of hydrogen-bond acceptors (Lipinski definition) is 5. The highest BCUT2D eigenvalue weighted by molar-refractivity contribution is 7.91. The van der Waals surface area contributed by atoms with Gasteiger partial charge >= 0.3 is 0 Å². The molecule has 1 fully saturated rings. The maximum Gasteiger partial charge on any atom is 0.290 e. The maximum absolute atomic E-state index is 13.5. The molecule has 4 rings (SSSR count). The zero-order valence-corrected chi connectivity index (χ0v) is 19.4. The van der Waals surface area contributed by atoms with Gasteiger partial charge in [0.1, 0.15) is 5.58 Å². The van der Waals surface area contributed by atoms with Crippen molar-refractivity contribution in [2.24, 2.45) is 0 Å². The van der Waals surface area contributed by atoms with Gasteiger partial charge < -0.3 is 9.32 Å². The van der Waals surface area contributed by atoms with Crippen LogP contribution in [-0.4, -0.2) is 36.8 Å². The fourth-order valence-electron chi connectivity index (χ4n) is 4.38. The van der Waals surface area contributed by atoms with Crippen LogP contribution in [0.25, 0.3) is 11.0 Å². The molecule has 1 aliphatic rings. The van der Waals surface area contributed by atoms with Gasteiger partial charge in [0.25, 0.3) is 5.91 Å². The van der Waals surface area contributed by atoms with Gasteiger partial charge in [-0.2, -0.15) is 0 Å². The van der Waals surface area contributed by atoms with Crippen LogP contribution in [0.2, 0.25) is 0 Å². The van der Waals surface area contributed by atoms with Crippen LogP contribution >= 0.6 is 0 Å². The van der Waals surface area contributed by atoms with Crippen molar-refractivity contribution in [1.82, 2.24) is 4.90 Å². The third-order valence-corrected chi connectivity index (χ3v) is 7.83. The Bertz CT molecular complexity index is 1340. The first-order valence-electron chi connectivity index (χ1n) is 10.8. The minimum atomic E-state index is -3.20. The molecule has 2 heterocycles.